The third kappa shape index (κ3) is 3.62. The summed E-state index contributed by atoms with van der Waals surface area (Å²) in [7, 11) is 1.62. The van der Waals surface area contributed by atoms with Crippen LogP contribution < -0.4 is 10.1 Å². The SMILES string of the molecule is COc1ccccc1C(=O)NC1CC2CCCC(C1)N2C1CCCCC1. The number of ether oxygens (including phenoxy) is 1. The highest BCUT2D eigenvalue weighted by molar-refractivity contribution is 5.97. The van der Waals surface area contributed by atoms with E-state index in [1.807, 2.05) is 24.3 Å². The van der Waals surface area contributed by atoms with Gasteiger partial charge in [-0.2, -0.15) is 0 Å². The molecule has 3 aliphatic rings. The molecule has 1 aromatic rings. The number of nitrogens with zero attached hydrogens (tertiary/aromatic N) is 1. The summed E-state index contributed by atoms with van der Waals surface area (Å²) in [6.45, 7) is 0. The Morgan fingerprint density at radius 1 is 0.962 bits per heavy atom. The van der Waals surface area contributed by atoms with Gasteiger partial charge in [0.2, 0.25) is 0 Å². The zero-order valence-corrected chi connectivity index (χ0v) is 16.0. The second kappa shape index (κ2) is 7.99. The number of hydrogen-bond donors (Lipinski definition) is 1. The second-order valence-electron chi connectivity index (χ2n) is 8.32. The molecule has 26 heavy (non-hydrogen) atoms. The van der Waals surface area contributed by atoms with Gasteiger partial charge in [-0.1, -0.05) is 37.8 Å². The molecule has 2 unspecified atom stereocenters. The average Bonchev–Trinajstić information content (AvgIpc) is 2.68. The smallest absolute Gasteiger partial charge is 0.255 e. The number of rotatable bonds is 4. The van der Waals surface area contributed by atoms with Crippen molar-refractivity contribution in [1.82, 2.24) is 10.2 Å². The minimum absolute atomic E-state index is 0.0108. The first-order valence-corrected chi connectivity index (χ1v) is 10.5. The lowest BCUT2D eigenvalue weighted by atomic mass is 9.78. The fourth-order valence-electron chi connectivity index (χ4n) is 5.61. The number of methoxy groups -OCH3 is 1. The van der Waals surface area contributed by atoms with E-state index in [-0.39, 0.29) is 5.91 Å². The van der Waals surface area contributed by atoms with Gasteiger partial charge in [0.25, 0.3) is 5.91 Å². The maximum Gasteiger partial charge on any atom is 0.255 e. The first-order chi connectivity index (χ1) is 12.8. The number of para-hydroxylation sites is 1. The summed E-state index contributed by atoms with van der Waals surface area (Å²) in [4.78, 5) is 15.7. The molecule has 1 saturated carbocycles. The predicted octanol–water partition coefficient (Wildman–Crippen LogP) is 4.14. The van der Waals surface area contributed by atoms with Gasteiger partial charge in [-0.3, -0.25) is 9.69 Å². The van der Waals surface area contributed by atoms with Crippen molar-refractivity contribution in [2.45, 2.75) is 88.4 Å². The number of carbonyl (C=O) groups is 1. The third-order valence-corrected chi connectivity index (χ3v) is 6.71. The lowest BCUT2D eigenvalue weighted by Crippen LogP contribution is -2.60. The molecule has 4 rings (SSSR count). The molecule has 2 saturated heterocycles. The van der Waals surface area contributed by atoms with Crippen LogP contribution in [0.3, 0.4) is 0 Å². The van der Waals surface area contributed by atoms with Crippen molar-refractivity contribution in [2.75, 3.05) is 7.11 Å². The highest BCUT2D eigenvalue weighted by Crippen LogP contribution is 2.39. The molecular weight excluding hydrogens is 324 g/mol. The minimum Gasteiger partial charge on any atom is -0.496 e. The summed E-state index contributed by atoms with van der Waals surface area (Å²) >= 11 is 0. The highest BCUT2D eigenvalue weighted by Gasteiger charge is 2.42. The maximum absolute atomic E-state index is 12.8. The molecule has 1 N–H and O–H groups in total. The van der Waals surface area contributed by atoms with Crippen molar-refractivity contribution < 1.29 is 9.53 Å². The van der Waals surface area contributed by atoms with E-state index in [4.69, 9.17) is 4.74 Å². The van der Waals surface area contributed by atoms with E-state index in [0.717, 1.165) is 18.9 Å². The quantitative estimate of drug-likeness (QED) is 0.881. The average molecular weight is 357 g/mol. The van der Waals surface area contributed by atoms with Gasteiger partial charge < -0.3 is 10.1 Å². The molecule has 1 amide bonds. The van der Waals surface area contributed by atoms with E-state index in [9.17, 15) is 4.79 Å². The van der Waals surface area contributed by atoms with Crippen LogP contribution in [0.1, 0.15) is 74.6 Å². The Balaban J connectivity index is 1.43. The summed E-state index contributed by atoms with van der Waals surface area (Å²) < 4.78 is 5.36. The molecule has 2 heterocycles. The summed E-state index contributed by atoms with van der Waals surface area (Å²) in [6, 6.07) is 9.93. The molecule has 1 aliphatic carbocycles. The Morgan fingerprint density at radius 3 is 2.31 bits per heavy atom. The lowest BCUT2D eigenvalue weighted by Gasteiger charge is -2.53. The standard InChI is InChI=1S/C22H32N2O2/c1-26-21-13-6-5-12-20(21)22(25)23-16-14-18-10-7-11-19(15-16)24(18)17-8-3-2-4-9-17/h5-6,12-13,16-19H,2-4,7-11,14-15H2,1H3,(H,23,25). The van der Waals surface area contributed by atoms with Gasteiger partial charge in [0, 0.05) is 24.2 Å². The lowest BCUT2D eigenvalue weighted by molar-refractivity contribution is -0.0212. The molecule has 0 spiro atoms. The largest absolute Gasteiger partial charge is 0.496 e. The fourth-order valence-corrected chi connectivity index (χ4v) is 5.61. The van der Waals surface area contributed by atoms with Crippen molar-refractivity contribution in [3.8, 4) is 5.75 Å². The van der Waals surface area contributed by atoms with Crippen molar-refractivity contribution in [2.24, 2.45) is 0 Å². The highest BCUT2D eigenvalue weighted by atomic mass is 16.5. The molecule has 4 heteroatoms. The van der Waals surface area contributed by atoms with E-state index >= 15 is 0 Å². The van der Waals surface area contributed by atoms with E-state index in [2.05, 4.69) is 10.2 Å². The van der Waals surface area contributed by atoms with Crippen LogP contribution in [0.5, 0.6) is 5.75 Å². The topological polar surface area (TPSA) is 41.6 Å². The number of hydrogen-bond acceptors (Lipinski definition) is 3. The fraction of sp³-hybridized carbons (Fsp3) is 0.682. The van der Waals surface area contributed by atoms with Gasteiger partial charge >= 0.3 is 0 Å². The van der Waals surface area contributed by atoms with Gasteiger partial charge in [-0.05, 0) is 50.7 Å². The van der Waals surface area contributed by atoms with Crippen LogP contribution in [-0.4, -0.2) is 42.1 Å². The molecule has 142 valence electrons. The van der Waals surface area contributed by atoms with E-state index in [0.29, 0.717) is 29.4 Å². The number of nitrogens with one attached hydrogen (secondary N) is 1. The van der Waals surface area contributed by atoms with Crippen molar-refractivity contribution in [3.63, 3.8) is 0 Å². The monoisotopic (exact) mass is 356 g/mol. The summed E-state index contributed by atoms with van der Waals surface area (Å²) in [5, 5.41) is 3.32. The summed E-state index contributed by atoms with van der Waals surface area (Å²) in [5.74, 6) is 0.668. The van der Waals surface area contributed by atoms with E-state index in [1.54, 1.807) is 7.11 Å². The van der Waals surface area contributed by atoms with Crippen molar-refractivity contribution in [1.29, 1.82) is 0 Å². The van der Waals surface area contributed by atoms with Crippen LogP contribution in [-0.2, 0) is 0 Å². The molecule has 2 aliphatic heterocycles. The molecule has 3 fully saturated rings. The summed E-state index contributed by atoms with van der Waals surface area (Å²) in [6.07, 6.45) is 13.1. The Hall–Kier alpha value is -1.55. The number of carbonyl (C=O) groups excluding carboxylic acids is 1. The zero-order valence-electron chi connectivity index (χ0n) is 16.0. The van der Waals surface area contributed by atoms with Crippen molar-refractivity contribution >= 4 is 5.91 Å². The van der Waals surface area contributed by atoms with Gasteiger partial charge in [-0.25, -0.2) is 0 Å². The van der Waals surface area contributed by atoms with Crippen LogP contribution in [0.15, 0.2) is 24.3 Å². The molecule has 2 atom stereocenters. The van der Waals surface area contributed by atoms with Gasteiger partial charge in [0.05, 0.1) is 12.7 Å². The zero-order chi connectivity index (χ0) is 17.9. The maximum atomic E-state index is 12.8. The van der Waals surface area contributed by atoms with Crippen LogP contribution in [0.2, 0.25) is 0 Å². The molecular formula is C22H32N2O2. The van der Waals surface area contributed by atoms with Crippen LogP contribution in [0, 0.1) is 0 Å². The van der Waals surface area contributed by atoms with Gasteiger partial charge in [0.15, 0.2) is 0 Å². The first kappa shape index (κ1) is 17.8. The van der Waals surface area contributed by atoms with Gasteiger partial charge in [-0.15, -0.1) is 0 Å². The molecule has 0 radical (unpaired) electrons. The molecule has 1 aromatic carbocycles. The van der Waals surface area contributed by atoms with E-state index < -0.39 is 0 Å². The Kier molecular flexibility index (Phi) is 5.49. The second-order valence-corrected chi connectivity index (χ2v) is 8.32. The molecule has 4 nitrogen and oxygen atoms in total. The predicted molar refractivity (Wildman–Crippen MR) is 104 cm³/mol. The van der Waals surface area contributed by atoms with Gasteiger partial charge in [0.1, 0.15) is 5.75 Å². The first-order valence-electron chi connectivity index (χ1n) is 10.5. The minimum atomic E-state index is 0.0108. The number of amides is 1. The molecule has 0 aromatic heterocycles. The number of piperidine rings is 2. The van der Waals surface area contributed by atoms with Crippen LogP contribution in [0.4, 0.5) is 0 Å². The Labute approximate surface area is 157 Å². The Morgan fingerprint density at radius 2 is 1.62 bits per heavy atom. The van der Waals surface area contributed by atoms with Crippen LogP contribution >= 0.6 is 0 Å². The number of fused-ring (bicyclic) bond motifs is 2. The normalized spacial score (nSPS) is 30.0. The van der Waals surface area contributed by atoms with E-state index in [1.165, 1.54) is 51.4 Å². The summed E-state index contributed by atoms with van der Waals surface area (Å²) in [5.41, 5.74) is 0.648. The van der Waals surface area contributed by atoms with Crippen LogP contribution in [0.25, 0.3) is 0 Å². The number of benzene rings is 1. The Bertz CT molecular complexity index is 612. The van der Waals surface area contributed by atoms with Crippen molar-refractivity contribution in [3.05, 3.63) is 29.8 Å². The molecule has 2 bridgehead atoms. The third-order valence-electron chi connectivity index (χ3n) is 6.71.